The van der Waals surface area contributed by atoms with Gasteiger partial charge in [-0.05, 0) is 56.1 Å². The van der Waals surface area contributed by atoms with E-state index in [0.29, 0.717) is 11.1 Å². The standard InChI is InChI=1S/C66H94N18O26/c1-31(2)54(84-49(89)29-72-56(99)35(67)17-20-50(90)91)65(108)82-42(26-47(71)87)62(105)81-43(27-53(96)97)63(106)80-41(25-46(70)86)61(104)77-37(19-22-52(94)95)58(101)76-36(18-21-51(92)93)57(100)73-28-48(88)75-39(23-33-11-6-4-7-12-33)59(102)79-40(24-34-13-8-5-9-14-34)60(103)83-44(30-85)64(107)74-32(3)55(98)78-38(66(109)110)15-10-16-45(68)69/h4-9,11-14,31-32,35-44,54,85H,10,15-30,67H2,1-3H3,(H3,68,69)(H2,70,86)(H2,71,87)(H,72,99)(H,73,100)(H,74,107)(H,75,88)(H,76,101)(H,77,104)(H,78,98)(H,79,102)(H,80,106)(H,81,105)(H,82,108)(H,83,103)(H,84,89)(H,90,91)(H,92,93)(H,94,95)(H,96,97)(H,109,110)/t32-,35-,36-,37-,38-,39-,40-,41-,42-,43-,44-,54-/m0/s1. The van der Waals surface area contributed by atoms with E-state index in [-0.39, 0.29) is 44.4 Å². The zero-order valence-electron chi connectivity index (χ0n) is 60.0. The minimum absolute atomic E-state index is 0.0353. The van der Waals surface area contributed by atoms with Gasteiger partial charge in [0.2, 0.25) is 88.6 Å². The van der Waals surface area contributed by atoms with Gasteiger partial charge in [-0.2, -0.15) is 0 Å². The zero-order valence-corrected chi connectivity index (χ0v) is 60.0. The van der Waals surface area contributed by atoms with E-state index in [1.54, 1.807) is 60.7 Å². The van der Waals surface area contributed by atoms with Gasteiger partial charge in [0.1, 0.15) is 66.5 Å². The highest BCUT2D eigenvalue weighted by Gasteiger charge is 2.38. The van der Waals surface area contributed by atoms with Gasteiger partial charge in [0.15, 0.2) is 0 Å². The second-order valence-corrected chi connectivity index (χ2v) is 25.2. The Hall–Kier alpha value is -12.8. The Balaban J connectivity index is 2.43. The molecular formula is C66H94N18O26. The minimum atomic E-state index is -2.29. The minimum Gasteiger partial charge on any atom is -0.481 e. The maximum Gasteiger partial charge on any atom is 0.326 e. The quantitative estimate of drug-likeness (QED) is 0.0216. The smallest absolute Gasteiger partial charge is 0.326 e. The lowest BCUT2D eigenvalue weighted by Crippen LogP contribution is -2.61. The molecule has 0 aliphatic heterocycles. The van der Waals surface area contributed by atoms with Gasteiger partial charge >= 0.3 is 29.8 Å². The molecule has 44 heteroatoms. The van der Waals surface area contributed by atoms with Crippen molar-refractivity contribution in [2.45, 2.75) is 183 Å². The highest BCUT2D eigenvalue weighted by Crippen LogP contribution is 2.12. The molecule has 0 aliphatic carbocycles. The zero-order chi connectivity index (χ0) is 83.1. The second kappa shape index (κ2) is 47.7. The van der Waals surface area contributed by atoms with Gasteiger partial charge < -0.3 is 123 Å². The summed E-state index contributed by atoms with van der Waals surface area (Å²) in [7, 11) is 0. The first-order valence-corrected chi connectivity index (χ1v) is 33.9. The third-order valence-electron chi connectivity index (χ3n) is 15.7. The lowest BCUT2D eigenvalue weighted by molar-refractivity contribution is -0.142. The van der Waals surface area contributed by atoms with Gasteiger partial charge in [0.05, 0.1) is 50.8 Å². The number of aliphatic carboxylic acids is 5. The molecule has 15 amide bonds. The Morgan fingerprint density at radius 3 is 1.16 bits per heavy atom. The summed E-state index contributed by atoms with van der Waals surface area (Å²) < 4.78 is 0. The molecule has 0 aliphatic rings. The molecule has 44 nitrogen and oxygen atoms in total. The van der Waals surface area contributed by atoms with Crippen molar-refractivity contribution >= 4 is 124 Å². The summed E-state index contributed by atoms with van der Waals surface area (Å²) in [4.78, 5) is 260. The number of nitrogens with two attached hydrogens (primary N) is 4. The molecule has 0 heterocycles. The van der Waals surface area contributed by atoms with E-state index in [4.69, 9.17) is 33.5 Å². The molecule has 0 aromatic heterocycles. The summed E-state index contributed by atoms with van der Waals surface area (Å²) >= 11 is 0. The van der Waals surface area contributed by atoms with E-state index >= 15 is 0 Å². The lowest BCUT2D eigenvalue weighted by Gasteiger charge is -2.27. The average Bonchev–Trinajstić information content (AvgIpc) is 0.857. The number of amidine groups is 1. The van der Waals surface area contributed by atoms with Crippen LogP contribution in [-0.4, -0.2) is 247 Å². The molecule has 2 aromatic rings. The maximum atomic E-state index is 14.4. The van der Waals surface area contributed by atoms with E-state index < -0.39 is 268 Å². The number of carboxylic acid groups (broad SMARTS) is 5. The number of nitrogens with one attached hydrogen (secondary N) is 14. The molecule has 0 fully saturated rings. The Kier molecular flexibility index (Phi) is 40.5. The number of hydrogen-bond acceptors (Lipinski definition) is 23. The molecule has 2 rings (SSSR count). The van der Waals surface area contributed by atoms with E-state index in [1.165, 1.54) is 20.8 Å². The monoisotopic (exact) mass is 1550 g/mol. The number of primary amides is 2. The van der Waals surface area contributed by atoms with Gasteiger partial charge in [0.25, 0.3) is 0 Å². The summed E-state index contributed by atoms with van der Waals surface area (Å²) in [6.07, 6.45) is -8.43. The van der Waals surface area contributed by atoms with Gasteiger partial charge in [-0.3, -0.25) is 96.5 Å². The molecule has 2 aromatic carbocycles. The number of hydrogen-bond donors (Lipinski definition) is 24. The van der Waals surface area contributed by atoms with E-state index in [9.17, 15) is 121 Å². The van der Waals surface area contributed by atoms with Crippen molar-refractivity contribution in [1.29, 1.82) is 5.41 Å². The summed E-state index contributed by atoms with van der Waals surface area (Å²) in [5, 5.41) is 93.8. The van der Waals surface area contributed by atoms with Crippen LogP contribution in [0.25, 0.3) is 0 Å². The number of carboxylic acids is 5. The molecular weight excluding hydrogens is 1460 g/mol. The van der Waals surface area contributed by atoms with Crippen LogP contribution in [0.5, 0.6) is 0 Å². The number of aliphatic hydroxyl groups is 1. The Morgan fingerprint density at radius 1 is 0.373 bits per heavy atom. The van der Waals surface area contributed by atoms with Gasteiger partial charge in [0, 0.05) is 38.5 Å². The van der Waals surface area contributed by atoms with E-state index in [1.807, 2.05) is 10.6 Å². The van der Waals surface area contributed by atoms with Crippen LogP contribution in [0.1, 0.15) is 109 Å². The van der Waals surface area contributed by atoms with Crippen molar-refractivity contribution in [3.05, 3.63) is 71.8 Å². The van der Waals surface area contributed by atoms with E-state index in [2.05, 4.69) is 58.5 Å². The summed E-state index contributed by atoms with van der Waals surface area (Å²) in [6, 6.07) is -5.60. The number of aliphatic hydroxyl groups excluding tert-OH is 1. The fourth-order valence-electron chi connectivity index (χ4n) is 9.92. The second-order valence-electron chi connectivity index (χ2n) is 25.2. The SMILES string of the molecule is CC(C)[C@H](NC(=O)CNC(=O)[C@@H](N)CCC(=O)O)C(=O)N[C@@H](CC(N)=O)C(=O)N[C@@H](CC(=O)O)C(=O)N[C@@H](CC(N)=O)C(=O)N[C@@H](CCC(=O)O)C(=O)N[C@@H](CCC(=O)O)C(=O)NCC(=O)N[C@@H](Cc1ccccc1)C(=O)N[C@@H](Cc1ccccc1)C(=O)N[C@@H](CO)C(=O)N[C@@H](C)C(=O)N[C@@H](CCCC(=N)N)C(=O)O. The maximum absolute atomic E-state index is 14.4. The number of benzene rings is 2. The van der Waals surface area contributed by atoms with Crippen LogP contribution in [0.2, 0.25) is 0 Å². The van der Waals surface area contributed by atoms with Crippen LogP contribution in [0.4, 0.5) is 0 Å². The third kappa shape index (κ3) is 36.5. The lowest BCUT2D eigenvalue weighted by atomic mass is 10.0. The summed E-state index contributed by atoms with van der Waals surface area (Å²) in [5.74, 6) is -27.2. The van der Waals surface area contributed by atoms with E-state index in [0.717, 1.165) is 0 Å². The van der Waals surface area contributed by atoms with Crippen LogP contribution >= 0.6 is 0 Å². The summed E-state index contributed by atoms with van der Waals surface area (Å²) in [6.45, 7) is 1.09. The van der Waals surface area contributed by atoms with Crippen LogP contribution in [0.15, 0.2) is 60.7 Å². The molecule has 0 saturated heterocycles. The van der Waals surface area contributed by atoms with Crippen molar-refractivity contribution < 1.29 is 127 Å². The number of carbonyl (C=O) groups excluding carboxylic acids is 15. The molecule has 0 spiro atoms. The first-order valence-electron chi connectivity index (χ1n) is 33.9. The molecule has 110 heavy (non-hydrogen) atoms. The Morgan fingerprint density at radius 2 is 0.736 bits per heavy atom. The molecule has 0 radical (unpaired) electrons. The fourth-order valence-corrected chi connectivity index (χ4v) is 9.92. The first-order chi connectivity index (χ1) is 51.6. The largest absolute Gasteiger partial charge is 0.481 e. The number of carbonyl (C=O) groups is 20. The Labute approximate surface area is 626 Å². The first kappa shape index (κ1) is 93.3. The predicted molar refractivity (Wildman–Crippen MR) is 377 cm³/mol. The van der Waals surface area contributed by atoms with Gasteiger partial charge in [-0.15, -0.1) is 0 Å². The number of amides is 15. The molecule has 0 unspecified atom stereocenters. The highest BCUT2D eigenvalue weighted by atomic mass is 16.4. The van der Waals surface area contributed by atoms with Crippen molar-refractivity contribution in [2.75, 3.05) is 19.7 Å². The van der Waals surface area contributed by atoms with Gasteiger partial charge in [-0.1, -0.05) is 74.5 Å². The molecule has 0 saturated carbocycles. The van der Waals surface area contributed by atoms with Crippen molar-refractivity contribution in [2.24, 2.45) is 28.9 Å². The van der Waals surface area contributed by atoms with Crippen LogP contribution in [0, 0.1) is 11.3 Å². The Bertz CT molecular complexity index is 3660. The van der Waals surface area contributed by atoms with Crippen molar-refractivity contribution in [3.63, 3.8) is 0 Å². The number of rotatable bonds is 52. The topological polar surface area (TPSA) is 747 Å². The average molecular weight is 1560 g/mol. The van der Waals surface area contributed by atoms with Crippen LogP contribution < -0.4 is 92.1 Å². The van der Waals surface area contributed by atoms with Crippen LogP contribution in [-0.2, 0) is 109 Å². The molecule has 604 valence electrons. The predicted octanol–water partition coefficient (Wildman–Crippen LogP) is -8.96. The van der Waals surface area contributed by atoms with Crippen LogP contribution in [0.3, 0.4) is 0 Å². The molecule has 28 N–H and O–H groups in total. The normalized spacial score (nSPS) is 14.1. The van der Waals surface area contributed by atoms with Crippen molar-refractivity contribution in [3.8, 4) is 0 Å². The molecule has 12 atom stereocenters. The van der Waals surface area contributed by atoms with Crippen molar-refractivity contribution in [1.82, 2.24) is 69.1 Å². The van der Waals surface area contributed by atoms with Gasteiger partial charge in [-0.25, -0.2) is 4.79 Å². The highest BCUT2D eigenvalue weighted by molar-refractivity contribution is 6.02. The third-order valence-corrected chi connectivity index (χ3v) is 15.7. The fraction of sp³-hybridized carbons (Fsp3) is 0.500. The summed E-state index contributed by atoms with van der Waals surface area (Å²) in [5.41, 5.74) is 22.5. The molecule has 0 bridgehead atoms.